The molecule has 1 saturated heterocycles. The van der Waals surface area contributed by atoms with Gasteiger partial charge in [-0.25, -0.2) is 4.98 Å². The summed E-state index contributed by atoms with van der Waals surface area (Å²) in [5.74, 6) is 1.64. The molecule has 2 heterocycles. The highest BCUT2D eigenvalue weighted by atomic mass is 16.3. The van der Waals surface area contributed by atoms with E-state index in [4.69, 9.17) is 0 Å². The maximum atomic E-state index is 11.9. The third-order valence-corrected chi connectivity index (χ3v) is 3.59. The van der Waals surface area contributed by atoms with E-state index >= 15 is 0 Å². The highest BCUT2D eigenvalue weighted by Crippen LogP contribution is 2.08. The van der Waals surface area contributed by atoms with E-state index in [9.17, 15) is 9.90 Å². The van der Waals surface area contributed by atoms with Crippen LogP contribution < -0.4 is 5.32 Å². The molecule has 21 heavy (non-hydrogen) atoms. The van der Waals surface area contributed by atoms with Crippen LogP contribution in [0, 0.1) is 6.92 Å². The molecule has 1 aromatic rings. The second-order valence-corrected chi connectivity index (χ2v) is 5.46. The summed E-state index contributed by atoms with van der Waals surface area (Å²) in [6.45, 7) is 5.05. The van der Waals surface area contributed by atoms with Gasteiger partial charge in [-0.3, -0.25) is 14.4 Å². The molecule has 0 aliphatic carbocycles. The molecule has 1 unspecified atom stereocenters. The van der Waals surface area contributed by atoms with E-state index in [2.05, 4.69) is 20.3 Å². The van der Waals surface area contributed by atoms with Crippen LogP contribution >= 0.6 is 0 Å². The molecule has 118 valence electrons. The molecule has 1 fully saturated rings. The summed E-state index contributed by atoms with van der Waals surface area (Å²) in [6.07, 6.45) is -0.539. The number of β-amino-alcohol motifs (C(OH)–C–C–N with tert-alkyl or cyclic N) is 1. The minimum Gasteiger partial charge on any atom is -0.390 e. The van der Waals surface area contributed by atoms with Gasteiger partial charge < -0.3 is 15.3 Å². The zero-order valence-electron chi connectivity index (χ0n) is 12.9. The molecular formula is C13H24N6O2. The fourth-order valence-electron chi connectivity index (χ4n) is 2.58. The third-order valence-electron chi connectivity index (χ3n) is 3.59. The van der Waals surface area contributed by atoms with Gasteiger partial charge in [-0.2, -0.15) is 5.10 Å². The van der Waals surface area contributed by atoms with Gasteiger partial charge in [0.1, 0.15) is 11.6 Å². The Balaban J connectivity index is 1.97. The monoisotopic (exact) mass is 296 g/mol. The van der Waals surface area contributed by atoms with E-state index in [1.165, 1.54) is 0 Å². The van der Waals surface area contributed by atoms with Gasteiger partial charge in [-0.05, 0) is 14.0 Å². The van der Waals surface area contributed by atoms with Gasteiger partial charge in [-0.1, -0.05) is 0 Å². The maximum absolute atomic E-state index is 11.9. The predicted molar refractivity (Wildman–Crippen MR) is 77.5 cm³/mol. The molecule has 0 saturated carbocycles. The summed E-state index contributed by atoms with van der Waals surface area (Å²) in [6, 6.07) is 0. The zero-order valence-corrected chi connectivity index (χ0v) is 12.9. The van der Waals surface area contributed by atoms with Gasteiger partial charge in [0, 0.05) is 33.2 Å². The average molecular weight is 296 g/mol. The number of likely N-dealkylation sites (N-methyl/N-ethyl adjacent to an activating group) is 1. The Morgan fingerprint density at radius 2 is 2.19 bits per heavy atom. The van der Waals surface area contributed by atoms with E-state index < -0.39 is 6.10 Å². The van der Waals surface area contributed by atoms with Crippen LogP contribution in [0.5, 0.6) is 0 Å². The second-order valence-electron chi connectivity index (χ2n) is 5.46. The van der Waals surface area contributed by atoms with Crippen molar-refractivity contribution < 1.29 is 9.90 Å². The first kappa shape index (κ1) is 15.9. The largest absolute Gasteiger partial charge is 0.390 e. The predicted octanol–water partition coefficient (Wildman–Crippen LogP) is -1.65. The van der Waals surface area contributed by atoms with Crippen molar-refractivity contribution in [3.05, 3.63) is 11.6 Å². The zero-order chi connectivity index (χ0) is 15.4. The summed E-state index contributed by atoms with van der Waals surface area (Å²) in [5.41, 5.74) is 0. The number of aliphatic hydroxyl groups excluding tert-OH is 1. The van der Waals surface area contributed by atoms with Crippen molar-refractivity contribution in [3.63, 3.8) is 0 Å². The molecule has 0 radical (unpaired) electrons. The van der Waals surface area contributed by atoms with Crippen LogP contribution in [0.15, 0.2) is 0 Å². The fourth-order valence-corrected chi connectivity index (χ4v) is 2.58. The van der Waals surface area contributed by atoms with Crippen LogP contribution in [0.2, 0.25) is 0 Å². The number of carbonyl (C=O) groups is 1. The number of hydrogen-bond acceptors (Lipinski definition) is 6. The summed E-state index contributed by atoms with van der Waals surface area (Å²) in [4.78, 5) is 20.1. The van der Waals surface area contributed by atoms with Gasteiger partial charge >= 0.3 is 0 Å². The van der Waals surface area contributed by atoms with Gasteiger partial charge in [-0.15, -0.1) is 0 Å². The summed E-state index contributed by atoms with van der Waals surface area (Å²) in [7, 11) is 3.61. The Hall–Kier alpha value is -1.51. The number of aliphatic hydroxyl groups is 1. The van der Waals surface area contributed by atoms with Crippen LogP contribution in [0.4, 0.5) is 0 Å². The third kappa shape index (κ3) is 4.23. The SMILES string of the molecule is CNCC(=O)N1CCN(Cc2nc(C)nn2C)CC(O)C1. The summed E-state index contributed by atoms with van der Waals surface area (Å²) < 4.78 is 1.76. The maximum Gasteiger partial charge on any atom is 0.236 e. The Morgan fingerprint density at radius 3 is 2.81 bits per heavy atom. The average Bonchev–Trinajstić information content (AvgIpc) is 2.61. The van der Waals surface area contributed by atoms with Crippen molar-refractivity contribution in [3.8, 4) is 0 Å². The van der Waals surface area contributed by atoms with Gasteiger partial charge in [0.05, 0.1) is 19.2 Å². The Kier molecular flexibility index (Phi) is 5.27. The molecule has 1 atom stereocenters. The van der Waals surface area contributed by atoms with Crippen LogP contribution in [-0.4, -0.2) is 81.5 Å². The number of nitrogens with one attached hydrogen (secondary N) is 1. The lowest BCUT2D eigenvalue weighted by molar-refractivity contribution is -0.131. The van der Waals surface area contributed by atoms with Crippen molar-refractivity contribution in [2.45, 2.75) is 19.6 Å². The first-order chi connectivity index (χ1) is 9.99. The Labute approximate surface area is 124 Å². The molecule has 0 bridgehead atoms. The number of aryl methyl sites for hydroxylation is 2. The van der Waals surface area contributed by atoms with Crippen molar-refractivity contribution in [2.75, 3.05) is 39.8 Å². The molecule has 2 N–H and O–H groups in total. The van der Waals surface area contributed by atoms with Crippen LogP contribution in [0.1, 0.15) is 11.6 Å². The molecular weight excluding hydrogens is 272 g/mol. The molecule has 1 amide bonds. The normalized spacial score (nSPS) is 20.6. The van der Waals surface area contributed by atoms with Gasteiger partial charge in [0.2, 0.25) is 5.91 Å². The quantitative estimate of drug-likeness (QED) is 0.692. The number of hydrogen-bond donors (Lipinski definition) is 2. The van der Waals surface area contributed by atoms with Gasteiger partial charge in [0.15, 0.2) is 0 Å². The van der Waals surface area contributed by atoms with Crippen molar-refractivity contribution >= 4 is 5.91 Å². The van der Waals surface area contributed by atoms with Gasteiger partial charge in [0.25, 0.3) is 0 Å². The van der Waals surface area contributed by atoms with E-state index in [-0.39, 0.29) is 5.91 Å². The highest BCUT2D eigenvalue weighted by Gasteiger charge is 2.24. The first-order valence-corrected chi connectivity index (χ1v) is 7.19. The Morgan fingerprint density at radius 1 is 1.43 bits per heavy atom. The van der Waals surface area contributed by atoms with Crippen LogP contribution in [-0.2, 0) is 18.4 Å². The second kappa shape index (κ2) is 6.97. The molecule has 1 aliphatic rings. The molecule has 0 aromatic carbocycles. The van der Waals surface area contributed by atoms with Crippen molar-refractivity contribution in [1.29, 1.82) is 0 Å². The molecule has 1 aromatic heterocycles. The van der Waals surface area contributed by atoms with Crippen LogP contribution in [0.3, 0.4) is 0 Å². The lowest BCUT2D eigenvalue weighted by Gasteiger charge is -2.21. The molecule has 8 nitrogen and oxygen atoms in total. The minimum atomic E-state index is -0.539. The van der Waals surface area contributed by atoms with E-state index in [1.807, 2.05) is 14.0 Å². The number of nitrogens with zero attached hydrogens (tertiary/aromatic N) is 5. The highest BCUT2D eigenvalue weighted by molar-refractivity contribution is 5.78. The Bertz CT molecular complexity index is 489. The van der Waals surface area contributed by atoms with E-state index in [0.29, 0.717) is 32.7 Å². The number of carbonyl (C=O) groups excluding carboxylic acids is 1. The summed E-state index contributed by atoms with van der Waals surface area (Å²) in [5, 5.41) is 17.2. The van der Waals surface area contributed by atoms with Crippen molar-refractivity contribution in [1.82, 2.24) is 29.9 Å². The lowest BCUT2D eigenvalue weighted by atomic mass is 10.3. The van der Waals surface area contributed by atoms with E-state index in [1.54, 1.807) is 16.6 Å². The lowest BCUT2D eigenvalue weighted by Crippen LogP contribution is -2.41. The topological polar surface area (TPSA) is 86.5 Å². The summed E-state index contributed by atoms with van der Waals surface area (Å²) >= 11 is 0. The van der Waals surface area contributed by atoms with Crippen molar-refractivity contribution in [2.24, 2.45) is 7.05 Å². The molecule has 2 rings (SSSR count). The fraction of sp³-hybridized carbons (Fsp3) is 0.769. The number of rotatable bonds is 4. The smallest absolute Gasteiger partial charge is 0.236 e. The first-order valence-electron chi connectivity index (χ1n) is 7.19. The molecule has 1 aliphatic heterocycles. The molecule has 0 spiro atoms. The molecule has 8 heteroatoms. The minimum absolute atomic E-state index is 0.0212. The van der Waals surface area contributed by atoms with E-state index in [0.717, 1.165) is 18.2 Å². The van der Waals surface area contributed by atoms with Crippen LogP contribution in [0.25, 0.3) is 0 Å². The number of aromatic nitrogens is 3. The standard InChI is InChI=1S/C13H24N6O2/c1-10-15-12(17(3)16-10)9-18-4-5-19(8-11(20)7-18)13(21)6-14-2/h11,14,20H,4-9H2,1-3H3. The number of amides is 1.